The fourth-order valence-corrected chi connectivity index (χ4v) is 2.79. The summed E-state index contributed by atoms with van der Waals surface area (Å²) in [6.07, 6.45) is 0. The molecule has 0 fully saturated rings. The SMILES string of the molecule is CC(=O)Oc1ccc2c(C)c(-c3ccccc3OC(C)=O)c(=O)oc2c1. The Bertz CT molecular complexity index is 1080. The van der Waals surface area contributed by atoms with Crippen molar-refractivity contribution in [2.45, 2.75) is 20.8 Å². The van der Waals surface area contributed by atoms with Gasteiger partial charge in [0.05, 0.1) is 5.56 Å². The minimum atomic E-state index is -0.574. The van der Waals surface area contributed by atoms with Crippen LogP contribution in [-0.2, 0) is 9.59 Å². The van der Waals surface area contributed by atoms with Gasteiger partial charge in [-0.3, -0.25) is 9.59 Å². The molecule has 1 heterocycles. The molecule has 3 aromatic rings. The standard InChI is InChI=1S/C20H16O6/c1-11-15-9-8-14(24-12(2)21)10-18(15)26-20(23)19(11)16-6-4-5-7-17(16)25-13(3)22/h4-10H,1-3H3. The van der Waals surface area contributed by atoms with Crippen LogP contribution < -0.4 is 15.1 Å². The van der Waals surface area contributed by atoms with Gasteiger partial charge in [-0.25, -0.2) is 4.79 Å². The fraction of sp³-hybridized carbons (Fsp3) is 0.150. The van der Waals surface area contributed by atoms with E-state index in [1.165, 1.54) is 19.9 Å². The number of fused-ring (bicyclic) bond motifs is 1. The van der Waals surface area contributed by atoms with Crippen molar-refractivity contribution in [3.63, 3.8) is 0 Å². The van der Waals surface area contributed by atoms with Gasteiger partial charge < -0.3 is 13.9 Å². The van der Waals surface area contributed by atoms with Crippen LogP contribution in [0, 0.1) is 6.92 Å². The van der Waals surface area contributed by atoms with Gasteiger partial charge in [-0.1, -0.05) is 18.2 Å². The molecule has 0 aliphatic heterocycles. The molecule has 0 N–H and O–H groups in total. The average molecular weight is 352 g/mol. The average Bonchev–Trinajstić information content (AvgIpc) is 2.55. The van der Waals surface area contributed by atoms with E-state index in [0.29, 0.717) is 33.4 Å². The second-order valence-electron chi connectivity index (χ2n) is 5.73. The summed E-state index contributed by atoms with van der Waals surface area (Å²) in [7, 11) is 0. The summed E-state index contributed by atoms with van der Waals surface area (Å²) in [5.41, 5.74) is 1.19. The Morgan fingerprint density at radius 1 is 0.962 bits per heavy atom. The van der Waals surface area contributed by atoms with Crippen molar-refractivity contribution >= 4 is 22.9 Å². The first-order chi connectivity index (χ1) is 12.4. The predicted octanol–water partition coefficient (Wildman–Crippen LogP) is 3.62. The Labute approximate surface area is 149 Å². The van der Waals surface area contributed by atoms with Crippen LogP contribution in [-0.4, -0.2) is 11.9 Å². The van der Waals surface area contributed by atoms with Crippen LogP contribution in [0.25, 0.3) is 22.1 Å². The normalized spacial score (nSPS) is 10.6. The maximum atomic E-state index is 12.6. The van der Waals surface area contributed by atoms with Crippen LogP contribution in [0.5, 0.6) is 11.5 Å². The van der Waals surface area contributed by atoms with E-state index in [-0.39, 0.29) is 5.75 Å². The lowest BCUT2D eigenvalue weighted by molar-refractivity contribution is -0.132. The molecule has 0 atom stereocenters. The van der Waals surface area contributed by atoms with E-state index in [1.807, 2.05) is 0 Å². The molecule has 0 spiro atoms. The lowest BCUT2D eigenvalue weighted by Crippen LogP contribution is -2.09. The van der Waals surface area contributed by atoms with E-state index in [9.17, 15) is 14.4 Å². The highest BCUT2D eigenvalue weighted by molar-refractivity contribution is 5.89. The van der Waals surface area contributed by atoms with Gasteiger partial charge in [0.15, 0.2) is 0 Å². The number of para-hydroxylation sites is 1. The first-order valence-electron chi connectivity index (χ1n) is 7.90. The van der Waals surface area contributed by atoms with Crippen LogP contribution >= 0.6 is 0 Å². The third-order valence-corrected chi connectivity index (χ3v) is 3.81. The molecular weight excluding hydrogens is 336 g/mol. The lowest BCUT2D eigenvalue weighted by atomic mass is 9.99. The molecule has 0 amide bonds. The van der Waals surface area contributed by atoms with Crippen molar-refractivity contribution in [3.05, 3.63) is 58.4 Å². The Balaban J connectivity index is 2.21. The third-order valence-electron chi connectivity index (χ3n) is 3.81. The lowest BCUT2D eigenvalue weighted by Gasteiger charge is -2.12. The highest BCUT2D eigenvalue weighted by Crippen LogP contribution is 2.34. The zero-order valence-corrected chi connectivity index (χ0v) is 14.5. The van der Waals surface area contributed by atoms with Gasteiger partial charge in [0, 0.05) is 30.9 Å². The first kappa shape index (κ1) is 17.4. The van der Waals surface area contributed by atoms with Crippen molar-refractivity contribution in [3.8, 4) is 22.6 Å². The molecule has 132 valence electrons. The number of aryl methyl sites for hydroxylation is 1. The minimum Gasteiger partial charge on any atom is -0.427 e. The minimum absolute atomic E-state index is 0.284. The maximum absolute atomic E-state index is 12.6. The van der Waals surface area contributed by atoms with Gasteiger partial charge in [-0.15, -0.1) is 0 Å². The molecule has 6 heteroatoms. The molecule has 26 heavy (non-hydrogen) atoms. The van der Waals surface area contributed by atoms with E-state index in [4.69, 9.17) is 13.9 Å². The van der Waals surface area contributed by atoms with E-state index >= 15 is 0 Å². The van der Waals surface area contributed by atoms with E-state index in [0.717, 1.165) is 0 Å². The van der Waals surface area contributed by atoms with Crippen molar-refractivity contribution in [1.29, 1.82) is 0 Å². The number of rotatable bonds is 3. The zero-order chi connectivity index (χ0) is 18.8. The summed E-state index contributed by atoms with van der Waals surface area (Å²) in [5.74, 6) is -0.367. The Hall–Kier alpha value is -3.41. The van der Waals surface area contributed by atoms with Crippen molar-refractivity contribution in [2.24, 2.45) is 0 Å². The summed E-state index contributed by atoms with van der Waals surface area (Å²) < 4.78 is 15.7. The quantitative estimate of drug-likeness (QED) is 0.407. The van der Waals surface area contributed by atoms with Gasteiger partial charge in [0.25, 0.3) is 0 Å². The fourth-order valence-electron chi connectivity index (χ4n) is 2.79. The summed E-state index contributed by atoms with van der Waals surface area (Å²) in [5, 5.41) is 0.688. The van der Waals surface area contributed by atoms with Gasteiger partial charge in [-0.05, 0) is 30.7 Å². The van der Waals surface area contributed by atoms with Crippen LogP contribution in [0.15, 0.2) is 51.7 Å². The summed E-state index contributed by atoms with van der Waals surface area (Å²) in [6, 6.07) is 11.6. The highest BCUT2D eigenvalue weighted by atomic mass is 16.5. The number of ether oxygens (including phenoxy) is 2. The van der Waals surface area contributed by atoms with Gasteiger partial charge in [0.2, 0.25) is 0 Å². The molecular formula is C20H16O6. The molecule has 2 aromatic carbocycles. The van der Waals surface area contributed by atoms with Crippen LogP contribution in [0.3, 0.4) is 0 Å². The monoisotopic (exact) mass is 352 g/mol. The van der Waals surface area contributed by atoms with Crippen LogP contribution in [0.4, 0.5) is 0 Å². The molecule has 0 radical (unpaired) electrons. The number of hydrogen-bond acceptors (Lipinski definition) is 6. The number of benzene rings is 2. The van der Waals surface area contributed by atoms with Gasteiger partial charge in [0.1, 0.15) is 17.1 Å². The largest absolute Gasteiger partial charge is 0.427 e. The summed E-state index contributed by atoms with van der Waals surface area (Å²) >= 11 is 0. The van der Waals surface area contributed by atoms with E-state index < -0.39 is 17.6 Å². The maximum Gasteiger partial charge on any atom is 0.344 e. The Morgan fingerprint density at radius 3 is 2.35 bits per heavy atom. The number of esters is 2. The van der Waals surface area contributed by atoms with Crippen LogP contribution in [0.2, 0.25) is 0 Å². The Morgan fingerprint density at radius 2 is 1.65 bits per heavy atom. The molecule has 6 nitrogen and oxygen atoms in total. The second kappa shape index (κ2) is 6.84. The smallest absolute Gasteiger partial charge is 0.344 e. The van der Waals surface area contributed by atoms with Crippen LogP contribution in [0.1, 0.15) is 19.4 Å². The molecule has 0 aliphatic rings. The Kier molecular flexibility index (Phi) is 4.58. The molecule has 0 unspecified atom stereocenters. The van der Waals surface area contributed by atoms with E-state index in [1.54, 1.807) is 43.3 Å². The number of carbonyl (C=O) groups is 2. The second-order valence-corrected chi connectivity index (χ2v) is 5.73. The molecule has 0 aliphatic carbocycles. The number of hydrogen-bond donors (Lipinski definition) is 0. The van der Waals surface area contributed by atoms with Crippen molar-refractivity contribution < 1.29 is 23.5 Å². The van der Waals surface area contributed by atoms with Gasteiger partial charge in [-0.2, -0.15) is 0 Å². The first-order valence-corrected chi connectivity index (χ1v) is 7.90. The molecule has 0 saturated carbocycles. The molecule has 0 saturated heterocycles. The summed E-state index contributed by atoms with van der Waals surface area (Å²) in [6.45, 7) is 4.37. The highest BCUT2D eigenvalue weighted by Gasteiger charge is 2.18. The predicted molar refractivity (Wildman–Crippen MR) is 95.3 cm³/mol. The van der Waals surface area contributed by atoms with Crippen molar-refractivity contribution in [1.82, 2.24) is 0 Å². The van der Waals surface area contributed by atoms with Gasteiger partial charge >= 0.3 is 17.6 Å². The third kappa shape index (κ3) is 3.35. The molecule has 1 aromatic heterocycles. The number of carbonyl (C=O) groups excluding carboxylic acids is 2. The van der Waals surface area contributed by atoms with Crippen molar-refractivity contribution in [2.75, 3.05) is 0 Å². The summed E-state index contributed by atoms with van der Waals surface area (Å²) in [4.78, 5) is 35.0. The molecule has 0 bridgehead atoms. The molecule has 3 rings (SSSR count). The topological polar surface area (TPSA) is 82.8 Å². The zero-order valence-electron chi connectivity index (χ0n) is 14.5. The van der Waals surface area contributed by atoms with E-state index in [2.05, 4.69) is 0 Å².